The molecule has 3 aromatic rings. The lowest BCUT2D eigenvalue weighted by Gasteiger charge is -2.37. The minimum absolute atomic E-state index is 0.0764. The summed E-state index contributed by atoms with van der Waals surface area (Å²) in [5.74, 6) is 2.56. The molecule has 168 valence electrons. The van der Waals surface area contributed by atoms with Gasteiger partial charge in [0.05, 0.1) is 7.11 Å². The van der Waals surface area contributed by atoms with Crippen LogP contribution in [-0.4, -0.2) is 59.0 Å². The number of methoxy groups -OCH3 is 1. The lowest BCUT2D eigenvalue weighted by molar-refractivity contribution is 0.0702. The number of pyridine rings is 1. The summed E-state index contributed by atoms with van der Waals surface area (Å²) in [5, 5.41) is 1.86. The molecule has 2 aromatic heterocycles. The van der Waals surface area contributed by atoms with Crippen molar-refractivity contribution in [2.75, 3.05) is 32.1 Å². The van der Waals surface area contributed by atoms with E-state index in [2.05, 4.69) is 28.7 Å². The lowest BCUT2D eigenvalue weighted by atomic mass is 10.0. The minimum atomic E-state index is -0.0764. The van der Waals surface area contributed by atoms with Gasteiger partial charge in [0, 0.05) is 49.2 Å². The molecular weight excluding hydrogens is 402 g/mol. The highest BCUT2D eigenvalue weighted by atomic mass is 16.5. The summed E-state index contributed by atoms with van der Waals surface area (Å²) in [7, 11) is 3.46. The maximum atomic E-state index is 13.2. The summed E-state index contributed by atoms with van der Waals surface area (Å²) in [4.78, 5) is 31.2. The predicted octanol–water partition coefficient (Wildman–Crippen LogP) is 4.21. The molecular formula is C25H31N5O2. The molecule has 1 saturated heterocycles. The molecule has 1 aromatic carbocycles. The number of amides is 1. The first-order valence-electron chi connectivity index (χ1n) is 11.2. The Balaban J connectivity index is 1.47. The highest BCUT2D eigenvalue weighted by Crippen LogP contribution is 2.27. The van der Waals surface area contributed by atoms with Crippen LogP contribution in [0.15, 0.2) is 36.4 Å². The van der Waals surface area contributed by atoms with E-state index in [1.54, 1.807) is 7.11 Å². The summed E-state index contributed by atoms with van der Waals surface area (Å²) >= 11 is 0. The SMILES string of the molecule is COc1nc(C(=O)N(C)C2CCN(c3cc(C)nc(C(C)C)n3)CC2)cc2ccccc12. The van der Waals surface area contributed by atoms with Gasteiger partial charge >= 0.3 is 0 Å². The average Bonchev–Trinajstić information content (AvgIpc) is 2.82. The van der Waals surface area contributed by atoms with Gasteiger partial charge in [0.15, 0.2) is 0 Å². The first-order chi connectivity index (χ1) is 15.4. The Hall–Kier alpha value is -3.22. The summed E-state index contributed by atoms with van der Waals surface area (Å²) in [6.07, 6.45) is 1.76. The van der Waals surface area contributed by atoms with Gasteiger partial charge < -0.3 is 14.5 Å². The van der Waals surface area contributed by atoms with Crippen molar-refractivity contribution in [2.45, 2.75) is 45.6 Å². The van der Waals surface area contributed by atoms with Gasteiger partial charge in [-0.1, -0.05) is 32.0 Å². The van der Waals surface area contributed by atoms with Crippen molar-refractivity contribution in [1.29, 1.82) is 0 Å². The van der Waals surface area contributed by atoms with E-state index in [9.17, 15) is 4.79 Å². The number of carbonyl (C=O) groups excluding carboxylic acids is 1. The van der Waals surface area contributed by atoms with Crippen LogP contribution in [0, 0.1) is 6.92 Å². The normalized spacial score (nSPS) is 14.8. The third kappa shape index (κ3) is 4.38. The van der Waals surface area contributed by atoms with Crippen molar-refractivity contribution < 1.29 is 9.53 Å². The predicted molar refractivity (Wildman–Crippen MR) is 126 cm³/mol. The van der Waals surface area contributed by atoms with Crippen molar-refractivity contribution in [2.24, 2.45) is 0 Å². The van der Waals surface area contributed by atoms with Crippen LogP contribution in [0.25, 0.3) is 10.8 Å². The Labute approximate surface area is 189 Å². The van der Waals surface area contributed by atoms with Gasteiger partial charge in [-0.05, 0) is 37.3 Å². The topological polar surface area (TPSA) is 71.5 Å². The monoisotopic (exact) mass is 433 g/mol. The fourth-order valence-corrected chi connectivity index (χ4v) is 4.26. The Morgan fingerprint density at radius 1 is 1.12 bits per heavy atom. The third-order valence-corrected chi connectivity index (χ3v) is 6.15. The van der Waals surface area contributed by atoms with Crippen molar-refractivity contribution in [3.05, 3.63) is 53.6 Å². The first-order valence-corrected chi connectivity index (χ1v) is 11.2. The molecule has 4 rings (SSSR count). The molecule has 3 heterocycles. The number of aryl methyl sites for hydroxylation is 1. The van der Waals surface area contributed by atoms with Crippen LogP contribution < -0.4 is 9.64 Å². The van der Waals surface area contributed by atoms with Crippen LogP contribution in [0.5, 0.6) is 5.88 Å². The van der Waals surface area contributed by atoms with Gasteiger partial charge in [-0.15, -0.1) is 0 Å². The number of hydrogen-bond acceptors (Lipinski definition) is 6. The zero-order valence-corrected chi connectivity index (χ0v) is 19.5. The van der Waals surface area contributed by atoms with Crippen molar-refractivity contribution in [3.8, 4) is 5.88 Å². The number of aromatic nitrogens is 3. The standard InChI is InChI=1S/C25H31N5O2/c1-16(2)23-26-17(3)14-22(28-23)30-12-10-19(11-13-30)29(4)25(31)21-15-18-8-6-7-9-20(18)24(27-21)32-5/h6-9,14-16,19H,10-13H2,1-5H3. The molecule has 1 fully saturated rings. The zero-order chi connectivity index (χ0) is 22.8. The average molecular weight is 434 g/mol. The number of piperidine rings is 1. The molecule has 0 aliphatic carbocycles. The highest BCUT2D eigenvalue weighted by molar-refractivity contribution is 5.98. The Morgan fingerprint density at radius 2 is 1.84 bits per heavy atom. The van der Waals surface area contributed by atoms with Gasteiger partial charge in [0.2, 0.25) is 5.88 Å². The molecule has 0 unspecified atom stereocenters. The molecule has 1 amide bonds. The second kappa shape index (κ2) is 9.10. The third-order valence-electron chi connectivity index (χ3n) is 6.15. The molecule has 0 N–H and O–H groups in total. The fraction of sp³-hybridized carbons (Fsp3) is 0.440. The van der Waals surface area contributed by atoms with Gasteiger partial charge in [0.1, 0.15) is 17.3 Å². The quantitative estimate of drug-likeness (QED) is 0.600. The van der Waals surface area contributed by atoms with E-state index >= 15 is 0 Å². The Kier molecular flexibility index (Phi) is 6.26. The smallest absolute Gasteiger partial charge is 0.272 e. The number of nitrogens with zero attached hydrogens (tertiary/aromatic N) is 5. The van der Waals surface area contributed by atoms with E-state index < -0.39 is 0 Å². The Bertz CT molecular complexity index is 1120. The van der Waals surface area contributed by atoms with E-state index in [4.69, 9.17) is 9.72 Å². The molecule has 0 atom stereocenters. The summed E-state index contributed by atoms with van der Waals surface area (Å²) in [5.41, 5.74) is 1.41. The molecule has 7 heteroatoms. The number of ether oxygens (including phenoxy) is 1. The van der Waals surface area contributed by atoms with E-state index in [-0.39, 0.29) is 11.9 Å². The molecule has 0 spiro atoms. The molecule has 0 radical (unpaired) electrons. The van der Waals surface area contributed by atoms with Gasteiger partial charge in [-0.3, -0.25) is 4.79 Å². The van der Waals surface area contributed by atoms with E-state index in [1.807, 2.05) is 55.3 Å². The van der Waals surface area contributed by atoms with Crippen molar-refractivity contribution in [1.82, 2.24) is 19.9 Å². The number of rotatable bonds is 5. The van der Waals surface area contributed by atoms with Gasteiger partial charge in [-0.2, -0.15) is 0 Å². The number of anilines is 1. The van der Waals surface area contributed by atoms with E-state index in [0.717, 1.165) is 54.0 Å². The fourth-order valence-electron chi connectivity index (χ4n) is 4.26. The first kappa shape index (κ1) is 22.0. The van der Waals surface area contributed by atoms with Crippen LogP contribution in [0.2, 0.25) is 0 Å². The van der Waals surface area contributed by atoms with E-state index in [0.29, 0.717) is 17.5 Å². The van der Waals surface area contributed by atoms with Crippen LogP contribution in [-0.2, 0) is 0 Å². The molecule has 0 bridgehead atoms. The number of fused-ring (bicyclic) bond motifs is 1. The Morgan fingerprint density at radius 3 is 2.53 bits per heavy atom. The van der Waals surface area contributed by atoms with Crippen molar-refractivity contribution in [3.63, 3.8) is 0 Å². The number of benzene rings is 1. The van der Waals surface area contributed by atoms with Crippen LogP contribution in [0.3, 0.4) is 0 Å². The van der Waals surface area contributed by atoms with Crippen LogP contribution in [0.1, 0.15) is 54.6 Å². The molecule has 32 heavy (non-hydrogen) atoms. The summed E-state index contributed by atoms with van der Waals surface area (Å²) in [6, 6.07) is 11.9. The van der Waals surface area contributed by atoms with Gasteiger partial charge in [0.25, 0.3) is 5.91 Å². The largest absolute Gasteiger partial charge is 0.481 e. The zero-order valence-electron chi connectivity index (χ0n) is 19.5. The molecule has 7 nitrogen and oxygen atoms in total. The van der Waals surface area contributed by atoms with Crippen LogP contribution in [0.4, 0.5) is 5.82 Å². The second-order valence-electron chi connectivity index (χ2n) is 8.75. The summed E-state index contributed by atoms with van der Waals surface area (Å²) < 4.78 is 5.44. The summed E-state index contributed by atoms with van der Waals surface area (Å²) in [6.45, 7) is 7.94. The molecule has 0 saturated carbocycles. The second-order valence-corrected chi connectivity index (χ2v) is 8.75. The molecule has 1 aliphatic heterocycles. The maximum Gasteiger partial charge on any atom is 0.272 e. The minimum Gasteiger partial charge on any atom is -0.481 e. The highest BCUT2D eigenvalue weighted by Gasteiger charge is 2.28. The van der Waals surface area contributed by atoms with E-state index in [1.165, 1.54) is 0 Å². The number of hydrogen-bond donors (Lipinski definition) is 0. The number of carbonyl (C=O) groups is 1. The lowest BCUT2D eigenvalue weighted by Crippen LogP contribution is -2.46. The van der Waals surface area contributed by atoms with Gasteiger partial charge in [-0.25, -0.2) is 15.0 Å². The van der Waals surface area contributed by atoms with Crippen molar-refractivity contribution >= 4 is 22.5 Å². The van der Waals surface area contributed by atoms with Crippen LogP contribution >= 0.6 is 0 Å². The molecule has 1 aliphatic rings. The maximum absolute atomic E-state index is 13.2.